The highest BCUT2D eigenvalue weighted by Crippen LogP contribution is 2.62. The fourth-order valence-electron chi connectivity index (χ4n) is 6.07. The second-order valence-corrected chi connectivity index (χ2v) is 7.87. The van der Waals surface area contributed by atoms with E-state index in [9.17, 15) is 4.79 Å². The molecule has 2 fully saturated rings. The number of likely N-dealkylation sites (N-methyl/N-ethyl adjacent to an activating group) is 1. The topological polar surface area (TPSA) is 29.1 Å². The Morgan fingerprint density at radius 2 is 2.12 bits per heavy atom. The molecule has 1 N–H and O–H groups in total. The van der Waals surface area contributed by atoms with Crippen LogP contribution < -0.4 is 29.3 Å². The van der Waals surface area contributed by atoms with Crippen molar-refractivity contribution >= 4 is 12.0 Å². The van der Waals surface area contributed by atoms with Crippen molar-refractivity contribution in [2.75, 3.05) is 25.5 Å². The predicted molar refractivity (Wildman–Crippen MR) is 91.0 cm³/mol. The molecule has 4 aliphatic rings. The lowest BCUT2D eigenvalue weighted by Gasteiger charge is -2.51. The highest BCUT2D eigenvalue weighted by molar-refractivity contribution is 5.84. The summed E-state index contributed by atoms with van der Waals surface area (Å²) in [4.78, 5) is 12.0. The number of hydrogen-bond acceptors (Lipinski definition) is 2. The van der Waals surface area contributed by atoms with Gasteiger partial charge in [0.1, 0.15) is 18.9 Å². The zero-order valence-electron chi connectivity index (χ0n) is 14.2. The summed E-state index contributed by atoms with van der Waals surface area (Å²) in [6, 6.07) is 9.27. The number of fused-ring (bicyclic) bond motifs is 2. The predicted octanol–water partition coefficient (Wildman–Crippen LogP) is 0.00560. The zero-order chi connectivity index (χ0) is 15.8. The maximum absolute atomic E-state index is 12.0. The number of piperidine rings is 1. The highest BCUT2D eigenvalue weighted by Gasteiger charge is 2.67. The van der Waals surface area contributed by atoms with Crippen molar-refractivity contribution in [2.24, 2.45) is 5.92 Å². The second kappa shape index (κ2) is 5.18. The quantitative estimate of drug-likeness (QED) is 0.292. The van der Waals surface area contributed by atoms with Gasteiger partial charge in [0.25, 0.3) is 0 Å². The number of allylic oxidation sites excluding steroid dienone is 2. The fraction of sp³-hybridized carbons (Fsp3) is 0.450. The van der Waals surface area contributed by atoms with Crippen LogP contribution in [0.3, 0.4) is 0 Å². The number of carbonyl (C=O) groups is 1. The lowest BCUT2D eigenvalue weighted by Crippen LogP contribution is -3.00. The Morgan fingerprint density at radius 3 is 2.88 bits per heavy atom. The van der Waals surface area contributed by atoms with Gasteiger partial charge in [0.15, 0.2) is 0 Å². The molecule has 4 atom stereocenters. The monoisotopic (exact) mass is 434 g/mol. The summed E-state index contributed by atoms with van der Waals surface area (Å²) >= 11 is 0. The molecule has 1 spiro atoms. The van der Waals surface area contributed by atoms with Crippen LogP contribution in [0, 0.1) is 5.92 Å². The number of nitrogens with zero attached hydrogens (tertiary/aromatic N) is 1. The Kier molecular flexibility index (Phi) is 3.52. The molecule has 3 aliphatic heterocycles. The van der Waals surface area contributed by atoms with Gasteiger partial charge in [-0.05, 0) is 24.1 Å². The van der Waals surface area contributed by atoms with E-state index in [1.165, 1.54) is 29.1 Å². The van der Waals surface area contributed by atoms with Crippen LogP contribution >= 0.6 is 0 Å². The van der Waals surface area contributed by atoms with Gasteiger partial charge in [-0.25, -0.2) is 0 Å². The minimum atomic E-state index is 0. The standard InChI is InChI=1S/C20H22N2O.HI/c1-3-13-11-22(2)9-8-20-16-6-4-5-7-17(16)21-19(20)15(12-23)14(13)10-18(20)22;/h3-7,12,14,18H,8-11H2,1-2H3;1H/t14-,18-,20+,22?;/m0./s1. The first-order valence-corrected chi connectivity index (χ1v) is 8.70. The van der Waals surface area contributed by atoms with Crippen molar-refractivity contribution < 1.29 is 33.3 Å². The summed E-state index contributed by atoms with van der Waals surface area (Å²) in [6.45, 7) is 4.42. The molecule has 24 heavy (non-hydrogen) atoms. The Labute approximate surface area is 160 Å². The van der Waals surface area contributed by atoms with Gasteiger partial charge in [-0.15, -0.1) is 0 Å². The number of para-hydroxylation sites is 1. The zero-order valence-corrected chi connectivity index (χ0v) is 16.3. The third-order valence-electron chi connectivity index (χ3n) is 7.06. The third-order valence-corrected chi connectivity index (χ3v) is 7.06. The average Bonchev–Trinajstić information content (AvgIpc) is 3.08. The van der Waals surface area contributed by atoms with Crippen LogP contribution in [0.1, 0.15) is 25.3 Å². The molecule has 2 saturated heterocycles. The molecule has 1 aliphatic carbocycles. The molecule has 3 nitrogen and oxygen atoms in total. The summed E-state index contributed by atoms with van der Waals surface area (Å²) in [5.41, 5.74) is 6.35. The molecular weight excluding hydrogens is 411 g/mol. The molecule has 3 heterocycles. The van der Waals surface area contributed by atoms with Crippen LogP contribution in [-0.4, -0.2) is 36.9 Å². The fourth-order valence-corrected chi connectivity index (χ4v) is 6.07. The van der Waals surface area contributed by atoms with Crippen LogP contribution in [-0.2, 0) is 10.2 Å². The second-order valence-electron chi connectivity index (χ2n) is 7.87. The third kappa shape index (κ3) is 1.69. The molecule has 5 rings (SSSR count). The summed E-state index contributed by atoms with van der Waals surface area (Å²) < 4.78 is 1.13. The van der Waals surface area contributed by atoms with E-state index in [2.05, 4.69) is 49.6 Å². The smallest absolute Gasteiger partial charge is 0.148 e. The molecule has 126 valence electrons. The van der Waals surface area contributed by atoms with Crippen LogP contribution in [0.2, 0.25) is 0 Å². The van der Waals surface area contributed by atoms with E-state index in [1.54, 1.807) is 0 Å². The van der Waals surface area contributed by atoms with Gasteiger partial charge in [0.05, 0.1) is 19.0 Å². The number of rotatable bonds is 1. The number of halogens is 1. The molecule has 1 unspecified atom stereocenters. The number of aldehydes is 1. The maximum Gasteiger partial charge on any atom is 0.148 e. The van der Waals surface area contributed by atoms with Gasteiger partial charge in [0, 0.05) is 35.7 Å². The van der Waals surface area contributed by atoms with Crippen molar-refractivity contribution in [3.05, 3.63) is 52.7 Å². The Morgan fingerprint density at radius 1 is 1.33 bits per heavy atom. The van der Waals surface area contributed by atoms with Gasteiger partial charge in [-0.1, -0.05) is 24.3 Å². The van der Waals surface area contributed by atoms with Crippen LogP contribution in [0.15, 0.2) is 47.2 Å². The van der Waals surface area contributed by atoms with E-state index in [4.69, 9.17) is 0 Å². The summed E-state index contributed by atoms with van der Waals surface area (Å²) in [6.07, 6.45) is 5.65. The van der Waals surface area contributed by atoms with Gasteiger partial charge < -0.3 is 33.8 Å². The van der Waals surface area contributed by atoms with Gasteiger partial charge in [-0.3, -0.25) is 4.79 Å². The molecule has 0 aromatic heterocycles. The number of hydrogen-bond donors (Lipinski definition) is 1. The molecule has 1 aromatic carbocycles. The normalized spacial score (nSPS) is 39.8. The van der Waals surface area contributed by atoms with Crippen molar-refractivity contribution in [1.82, 2.24) is 0 Å². The van der Waals surface area contributed by atoms with E-state index in [-0.39, 0.29) is 29.4 Å². The van der Waals surface area contributed by atoms with E-state index < -0.39 is 0 Å². The molecule has 4 heteroatoms. The lowest BCUT2D eigenvalue weighted by atomic mass is 9.61. The number of benzene rings is 1. The van der Waals surface area contributed by atoms with Crippen molar-refractivity contribution in [2.45, 2.75) is 31.2 Å². The number of carbonyl (C=O) groups excluding carboxylic acids is 1. The van der Waals surface area contributed by atoms with Crippen LogP contribution in [0.4, 0.5) is 5.69 Å². The van der Waals surface area contributed by atoms with Crippen molar-refractivity contribution in [1.29, 1.82) is 0 Å². The average molecular weight is 434 g/mol. The highest BCUT2D eigenvalue weighted by atomic mass is 127. The first-order chi connectivity index (χ1) is 11.1. The van der Waals surface area contributed by atoms with Crippen molar-refractivity contribution in [3.8, 4) is 0 Å². The molecular formula is C20H23IN2O. The summed E-state index contributed by atoms with van der Waals surface area (Å²) in [5, 5.41) is 3.66. The maximum atomic E-state index is 12.0. The lowest BCUT2D eigenvalue weighted by molar-refractivity contribution is -0.923. The Hall–Kier alpha value is -1.14. The first kappa shape index (κ1) is 16.3. The van der Waals surface area contributed by atoms with Gasteiger partial charge >= 0.3 is 0 Å². The number of nitrogens with one attached hydrogen (secondary N) is 1. The number of quaternary nitrogens is 1. The molecule has 0 radical (unpaired) electrons. The van der Waals surface area contributed by atoms with E-state index >= 15 is 0 Å². The summed E-state index contributed by atoms with van der Waals surface area (Å²) in [7, 11) is 2.42. The first-order valence-electron chi connectivity index (χ1n) is 8.70. The Bertz CT molecular complexity index is 799. The minimum absolute atomic E-state index is 0. The van der Waals surface area contributed by atoms with Crippen LogP contribution in [0.25, 0.3) is 0 Å². The van der Waals surface area contributed by atoms with E-state index in [1.807, 2.05) is 0 Å². The van der Waals surface area contributed by atoms with E-state index in [0.29, 0.717) is 12.0 Å². The number of anilines is 1. The molecule has 0 saturated carbocycles. The van der Waals surface area contributed by atoms with Crippen molar-refractivity contribution in [3.63, 3.8) is 0 Å². The molecule has 2 bridgehead atoms. The van der Waals surface area contributed by atoms with Gasteiger partial charge in [0.2, 0.25) is 0 Å². The van der Waals surface area contributed by atoms with Crippen LogP contribution in [0.5, 0.6) is 0 Å². The molecule has 1 aromatic rings. The summed E-state index contributed by atoms with van der Waals surface area (Å²) in [5.74, 6) is 0.316. The minimum Gasteiger partial charge on any atom is -1.00 e. The largest absolute Gasteiger partial charge is 1.00 e. The van der Waals surface area contributed by atoms with Gasteiger partial charge in [-0.2, -0.15) is 0 Å². The SMILES string of the molecule is CC=C1C[N+]2(C)CC[C@]34C(=C(C=O)[C@H]1C[C@@H]32)Nc1ccccc14.[I-]. The Balaban J connectivity index is 0.00000146. The molecule has 0 amide bonds. The van der Waals surface area contributed by atoms with E-state index in [0.717, 1.165) is 35.7 Å².